The minimum absolute atomic E-state index is 0.0183. The van der Waals surface area contributed by atoms with Crippen LogP contribution in [0.15, 0.2) is 61.5 Å². The zero-order valence-corrected chi connectivity index (χ0v) is 20.6. The van der Waals surface area contributed by atoms with Crippen LogP contribution in [0, 0.1) is 0 Å². The van der Waals surface area contributed by atoms with E-state index in [4.69, 9.17) is 4.84 Å². The first-order chi connectivity index (χ1) is 17.2. The molecule has 3 N–H and O–H groups in total. The number of aromatic nitrogens is 3. The van der Waals surface area contributed by atoms with Crippen LogP contribution in [0.5, 0.6) is 0 Å². The number of carboxylic acids is 1. The molecule has 4 rings (SSSR count). The van der Waals surface area contributed by atoms with E-state index in [2.05, 4.69) is 20.6 Å². The third-order valence-electron chi connectivity index (χ3n) is 5.30. The normalized spacial score (nSPS) is 19.4. The van der Waals surface area contributed by atoms with Gasteiger partial charge in [0.15, 0.2) is 10.9 Å². The SMILES string of the molecule is CO/N=C(\C(=O)N[C@@H]1C(=O)N2C(C(=O)O)=C(CSc3nc(=O)c(=O)[nH]n3C)CS[C@H]12)c1ccccc1. The van der Waals surface area contributed by atoms with E-state index >= 15 is 0 Å². The van der Waals surface area contributed by atoms with E-state index in [-0.39, 0.29) is 28.1 Å². The molecule has 0 aliphatic carbocycles. The largest absolute Gasteiger partial charge is 0.477 e. The van der Waals surface area contributed by atoms with E-state index in [1.54, 1.807) is 30.3 Å². The molecular formula is C21H20N6O7S2. The van der Waals surface area contributed by atoms with E-state index in [1.165, 1.54) is 30.6 Å². The molecule has 1 saturated heterocycles. The van der Waals surface area contributed by atoms with E-state index in [0.717, 1.165) is 16.7 Å². The van der Waals surface area contributed by atoms with Gasteiger partial charge in [-0.15, -0.1) is 11.8 Å². The Hall–Kier alpha value is -3.85. The lowest BCUT2D eigenvalue weighted by Crippen LogP contribution is -2.71. The lowest BCUT2D eigenvalue weighted by atomic mass is 10.0. The van der Waals surface area contributed by atoms with Crippen LogP contribution in [0.3, 0.4) is 0 Å². The van der Waals surface area contributed by atoms with Crippen LogP contribution in [0.2, 0.25) is 0 Å². The maximum absolute atomic E-state index is 12.9. The van der Waals surface area contributed by atoms with Crippen molar-refractivity contribution in [3.05, 3.63) is 67.9 Å². The summed E-state index contributed by atoms with van der Waals surface area (Å²) < 4.78 is 1.26. The predicted octanol–water partition coefficient (Wildman–Crippen LogP) is -0.650. The molecule has 36 heavy (non-hydrogen) atoms. The molecular weight excluding hydrogens is 512 g/mol. The maximum atomic E-state index is 12.9. The second-order valence-electron chi connectivity index (χ2n) is 7.59. The van der Waals surface area contributed by atoms with Crippen molar-refractivity contribution < 1.29 is 24.3 Å². The summed E-state index contributed by atoms with van der Waals surface area (Å²) in [5, 5.41) is 18.2. The summed E-state index contributed by atoms with van der Waals surface area (Å²) in [6, 6.07) is 7.63. The quantitative estimate of drug-likeness (QED) is 0.130. The highest BCUT2D eigenvalue weighted by atomic mass is 32.2. The number of hydrogen-bond donors (Lipinski definition) is 3. The van der Waals surface area contributed by atoms with Gasteiger partial charge in [-0.25, -0.2) is 4.79 Å². The standard InChI is InChI=1S/C21H20N6O7S2/c1-26-21(23-16(29)17(30)24-26)36-9-11-8-35-19-13(18(31)27(19)14(11)20(32)33)22-15(28)12(25-34-2)10-6-4-3-5-7-10/h3-7,13,19H,8-9H2,1-2H3,(H,22,28)(H,24,30)(H,32,33)/b25-12-/t13-,19-/m1/s1. The average Bonchev–Trinajstić information content (AvgIpc) is 2.86. The summed E-state index contributed by atoms with van der Waals surface area (Å²) in [7, 11) is 2.80. The molecule has 2 aliphatic rings. The highest BCUT2D eigenvalue weighted by molar-refractivity contribution is 8.01. The Morgan fingerprint density at radius 1 is 1.31 bits per heavy atom. The molecule has 188 valence electrons. The minimum Gasteiger partial charge on any atom is -0.477 e. The smallest absolute Gasteiger partial charge is 0.352 e. The molecule has 2 amide bonds. The van der Waals surface area contributed by atoms with E-state index in [9.17, 15) is 29.1 Å². The number of fused-ring (bicyclic) bond motifs is 1. The highest BCUT2D eigenvalue weighted by Gasteiger charge is 2.54. The van der Waals surface area contributed by atoms with Crippen molar-refractivity contribution in [3.63, 3.8) is 0 Å². The molecule has 0 bridgehead atoms. The van der Waals surface area contributed by atoms with Crippen LogP contribution in [0.1, 0.15) is 5.56 Å². The molecule has 2 aliphatic heterocycles. The number of rotatable bonds is 8. The van der Waals surface area contributed by atoms with Crippen molar-refractivity contribution >= 4 is 47.0 Å². The number of nitrogens with one attached hydrogen (secondary N) is 2. The van der Waals surface area contributed by atoms with Crippen molar-refractivity contribution in [1.82, 2.24) is 25.0 Å². The van der Waals surface area contributed by atoms with E-state index in [0.29, 0.717) is 11.1 Å². The van der Waals surface area contributed by atoms with Gasteiger partial charge in [-0.2, -0.15) is 4.98 Å². The molecule has 1 fully saturated rings. The van der Waals surface area contributed by atoms with Gasteiger partial charge in [0.25, 0.3) is 11.8 Å². The molecule has 1 aromatic heterocycles. The number of thioether (sulfide) groups is 2. The summed E-state index contributed by atoms with van der Waals surface area (Å²) in [5.41, 5.74) is -1.08. The molecule has 2 aromatic rings. The van der Waals surface area contributed by atoms with Crippen LogP contribution < -0.4 is 16.4 Å². The van der Waals surface area contributed by atoms with Crippen LogP contribution >= 0.6 is 23.5 Å². The number of carbonyl (C=O) groups excluding carboxylic acids is 2. The number of carboxylic acid groups (broad SMARTS) is 1. The number of β-lactam (4-membered cyclic amide) rings is 1. The molecule has 2 atom stereocenters. The van der Waals surface area contributed by atoms with Gasteiger partial charge in [0.05, 0.1) is 0 Å². The first-order valence-electron chi connectivity index (χ1n) is 10.4. The Labute approximate surface area is 211 Å². The predicted molar refractivity (Wildman–Crippen MR) is 130 cm³/mol. The monoisotopic (exact) mass is 532 g/mol. The molecule has 13 nitrogen and oxygen atoms in total. The van der Waals surface area contributed by atoms with Gasteiger partial charge in [-0.1, -0.05) is 47.2 Å². The molecule has 0 spiro atoms. The van der Waals surface area contributed by atoms with Gasteiger partial charge in [0.1, 0.15) is 24.2 Å². The molecule has 0 saturated carbocycles. The van der Waals surface area contributed by atoms with Crippen LogP contribution in [-0.4, -0.2) is 78.3 Å². The number of H-pyrrole nitrogens is 1. The topological polar surface area (TPSA) is 176 Å². The Morgan fingerprint density at radius 2 is 2.03 bits per heavy atom. The molecule has 3 heterocycles. The third kappa shape index (κ3) is 4.79. The number of nitrogens with zero attached hydrogens (tertiary/aromatic N) is 4. The van der Waals surface area contributed by atoms with Crippen molar-refractivity contribution in [2.45, 2.75) is 16.6 Å². The lowest BCUT2D eigenvalue weighted by molar-refractivity contribution is -0.150. The van der Waals surface area contributed by atoms with Crippen LogP contribution in [0.4, 0.5) is 0 Å². The summed E-state index contributed by atoms with van der Waals surface area (Å²) in [6.45, 7) is 0. The Balaban J connectivity index is 1.51. The maximum Gasteiger partial charge on any atom is 0.352 e. The van der Waals surface area contributed by atoms with Crippen LogP contribution in [0.25, 0.3) is 0 Å². The Morgan fingerprint density at radius 3 is 2.69 bits per heavy atom. The van der Waals surface area contributed by atoms with Crippen LogP contribution in [-0.2, 0) is 26.3 Å². The van der Waals surface area contributed by atoms with Crippen molar-refractivity contribution in [3.8, 4) is 0 Å². The Kier molecular flexibility index (Phi) is 7.30. The third-order valence-corrected chi connectivity index (χ3v) is 7.76. The molecule has 0 unspecified atom stereocenters. The fourth-order valence-electron chi connectivity index (χ4n) is 3.66. The number of aliphatic carboxylic acids is 1. The number of oxime groups is 1. The van der Waals surface area contributed by atoms with Crippen molar-refractivity contribution in [1.29, 1.82) is 0 Å². The van der Waals surface area contributed by atoms with Gasteiger partial charge < -0.3 is 15.3 Å². The zero-order valence-electron chi connectivity index (χ0n) is 19.0. The average molecular weight is 533 g/mol. The zero-order chi connectivity index (χ0) is 26.0. The van der Waals surface area contributed by atoms with Gasteiger partial charge >= 0.3 is 17.1 Å². The Bertz CT molecular complexity index is 1400. The van der Waals surface area contributed by atoms with Gasteiger partial charge in [-0.3, -0.25) is 33.9 Å². The first kappa shape index (κ1) is 25.2. The second-order valence-corrected chi connectivity index (χ2v) is 9.64. The van der Waals surface area contributed by atoms with E-state index < -0.39 is 40.3 Å². The number of carbonyl (C=O) groups is 3. The summed E-state index contributed by atoms with van der Waals surface area (Å²) in [6.07, 6.45) is 0. The van der Waals surface area contributed by atoms with E-state index in [1.807, 2.05) is 0 Å². The number of benzene rings is 1. The van der Waals surface area contributed by atoms with Gasteiger partial charge in [-0.05, 0) is 5.57 Å². The molecule has 15 heteroatoms. The summed E-state index contributed by atoms with van der Waals surface area (Å²) in [4.78, 5) is 70.5. The number of aromatic amines is 1. The fraction of sp³-hybridized carbons (Fsp3) is 0.286. The first-order valence-corrected chi connectivity index (χ1v) is 12.4. The minimum atomic E-state index is -1.29. The number of hydrogen-bond acceptors (Lipinski definition) is 10. The van der Waals surface area contributed by atoms with Gasteiger partial charge in [0, 0.05) is 24.1 Å². The number of amides is 2. The molecule has 0 radical (unpaired) electrons. The van der Waals surface area contributed by atoms with Gasteiger partial charge in [0.2, 0.25) is 0 Å². The highest BCUT2D eigenvalue weighted by Crippen LogP contribution is 2.41. The van der Waals surface area contributed by atoms with Crippen molar-refractivity contribution in [2.75, 3.05) is 18.6 Å². The summed E-state index contributed by atoms with van der Waals surface area (Å²) in [5.74, 6) is -2.10. The fourth-order valence-corrected chi connectivity index (χ4v) is 6.06. The van der Waals surface area contributed by atoms with Crippen molar-refractivity contribution in [2.24, 2.45) is 12.2 Å². The number of aryl methyl sites for hydroxylation is 1. The second kappa shape index (κ2) is 10.4. The summed E-state index contributed by atoms with van der Waals surface area (Å²) >= 11 is 2.35. The lowest BCUT2D eigenvalue weighted by Gasteiger charge is -2.49. The molecule has 1 aromatic carbocycles.